The van der Waals surface area contributed by atoms with E-state index in [4.69, 9.17) is 4.74 Å². The van der Waals surface area contributed by atoms with Crippen molar-refractivity contribution in [3.63, 3.8) is 0 Å². The van der Waals surface area contributed by atoms with Crippen LogP contribution in [0, 0.1) is 5.92 Å². The Morgan fingerprint density at radius 3 is 2.57 bits per heavy atom. The number of carbonyl (C=O) groups is 2. The molecule has 1 N–H and O–H groups in total. The smallest absolute Gasteiger partial charge is 0.302 e. The maximum Gasteiger partial charge on any atom is 0.302 e. The number of nitrogens with zero attached hydrogens (tertiary/aromatic N) is 5. The largest absolute Gasteiger partial charge is 0.466 e. The lowest BCUT2D eigenvalue weighted by atomic mass is 9.96. The molecule has 188 valence electrons. The number of carbonyl (C=O) groups excluding carboxylic acids is 2. The third kappa shape index (κ3) is 6.24. The molecule has 5 rings (SSSR count). The Balaban J connectivity index is 1.49. The lowest BCUT2D eigenvalue weighted by molar-refractivity contribution is -0.140. The Bertz CT molecular complexity index is 1370. The van der Waals surface area contributed by atoms with Crippen molar-refractivity contribution in [2.24, 2.45) is 5.92 Å². The molecule has 9 heteroatoms. The van der Waals surface area contributed by atoms with Crippen molar-refractivity contribution in [1.29, 1.82) is 0 Å². The number of benzene rings is 2. The van der Waals surface area contributed by atoms with Gasteiger partial charge in [0.2, 0.25) is 11.7 Å². The highest BCUT2D eigenvalue weighted by Gasteiger charge is 2.33. The number of aromatic amines is 1. The van der Waals surface area contributed by atoms with E-state index in [-0.39, 0.29) is 17.8 Å². The van der Waals surface area contributed by atoms with Crippen LogP contribution in [0.5, 0.6) is 0 Å². The number of nitrogens with one attached hydrogen (secondary N) is 1. The Kier molecular flexibility index (Phi) is 7.30. The number of pyridine rings is 1. The van der Waals surface area contributed by atoms with Crippen LogP contribution in [-0.2, 0) is 33.8 Å². The number of esters is 1. The number of tetrazole rings is 1. The van der Waals surface area contributed by atoms with E-state index < -0.39 is 0 Å². The molecule has 1 amide bonds. The van der Waals surface area contributed by atoms with Gasteiger partial charge in [0, 0.05) is 55.9 Å². The van der Waals surface area contributed by atoms with Gasteiger partial charge in [-0.3, -0.25) is 14.6 Å². The molecule has 4 aromatic rings. The van der Waals surface area contributed by atoms with Gasteiger partial charge in [-0.25, -0.2) is 0 Å². The average molecular weight is 497 g/mol. The number of hydrogen-bond acceptors (Lipinski definition) is 7. The van der Waals surface area contributed by atoms with Crippen molar-refractivity contribution < 1.29 is 14.3 Å². The second-order valence-electron chi connectivity index (χ2n) is 9.23. The zero-order chi connectivity index (χ0) is 25.6. The quantitative estimate of drug-likeness (QED) is 0.330. The topological polar surface area (TPSA) is 114 Å². The summed E-state index contributed by atoms with van der Waals surface area (Å²) in [4.78, 5) is 30.9. The predicted octanol–water partition coefficient (Wildman–Crippen LogP) is 3.97. The van der Waals surface area contributed by atoms with Crippen LogP contribution in [0.2, 0.25) is 0 Å². The summed E-state index contributed by atoms with van der Waals surface area (Å²) >= 11 is 0. The monoisotopic (exact) mass is 496 g/mol. The molecule has 0 spiro atoms. The highest BCUT2D eigenvalue weighted by Crippen LogP contribution is 2.34. The van der Waals surface area contributed by atoms with Crippen molar-refractivity contribution in [3.8, 4) is 22.5 Å². The molecule has 2 heterocycles. The van der Waals surface area contributed by atoms with Gasteiger partial charge in [0.25, 0.3) is 0 Å². The molecule has 1 aliphatic carbocycles. The second kappa shape index (κ2) is 11.1. The first-order valence-corrected chi connectivity index (χ1v) is 12.3. The van der Waals surface area contributed by atoms with Gasteiger partial charge in [0.05, 0.1) is 6.61 Å². The van der Waals surface area contributed by atoms with Crippen LogP contribution >= 0.6 is 0 Å². The number of ether oxygens (including phenoxy) is 1. The van der Waals surface area contributed by atoms with Gasteiger partial charge in [0.15, 0.2) is 0 Å². The first kappa shape index (κ1) is 24.3. The summed E-state index contributed by atoms with van der Waals surface area (Å²) in [6, 6.07) is 18.1. The van der Waals surface area contributed by atoms with Crippen molar-refractivity contribution in [3.05, 3.63) is 83.7 Å². The Morgan fingerprint density at radius 1 is 1.00 bits per heavy atom. The molecule has 2 aromatic heterocycles. The summed E-state index contributed by atoms with van der Waals surface area (Å²) in [7, 11) is 0. The minimum absolute atomic E-state index is 0.0961. The number of rotatable bonds is 10. The lowest BCUT2D eigenvalue weighted by Crippen LogP contribution is -2.31. The molecule has 0 saturated heterocycles. The number of amides is 1. The fourth-order valence-corrected chi connectivity index (χ4v) is 4.32. The van der Waals surface area contributed by atoms with Gasteiger partial charge in [0.1, 0.15) is 0 Å². The van der Waals surface area contributed by atoms with Gasteiger partial charge in [-0.1, -0.05) is 42.5 Å². The molecule has 0 unspecified atom stereocenters. The van der Waals surface area contributed by atoms with E-state index in [1.54, 1.807) is 6.20 Å². The molecular weight excluding hydrogens is 468 g/mol. The second-order valence-corrected chi connectivity index (χ2v) is 9.23. The summed E-state index contributed by atoms with van der Waals surface area (Å²) < 4.78 is 5.10. The van der Waals surface area contributed by atoms with Crippen LogP contribution in [-0.4, -0.2) is 49.0 Å². The minimum atomic E-state index is -0.303. The normalized spacial score (nSPS) is 12.8. The van der Waals surface area contributed by atoms with Gasteiger partial charge in [-0.2, -0.15) is 5.21 Å². The van der Waals surface area contributed by atoms with Crippen LogP contribution in [0.1, 0.15) is 36.5 Å². The van der Waals surface area contributed by atoms with Crippen molar-refractivity contribution in [1.82, 2.24) is 30.5 Å². The van der Waals surface area contributed by atoms with E-state index in [2.05, 4.69) is 25.6 Å². The maximum atomic E-state index is 13.3. The standard InChI is InChI=1S/C28H28N6O3/c1-19(35)37-12-11-21-13-24(16-29-15-21)26-10-9-23(27-30-32-33-31-27)14-25(26)18-34(28(36)22-7-8-22)17-20-5-3-2-4-6-20/h2-6,9-10,13-16,22H,7-8,11-12,17-18H2,1H3,(H,30,31,32,33). The molecular formula is C28H28N6O3. The van der Waals surface area contributed by atoms with Crippen molar-refractivity contribution in [2.45, 2.75) is 39.3 Å². The van der Waals surface area contributed by atoms with Crippen molar-refractivity contribution >= 4 is 11.9 Å². The summed E-state index contributed by atoms with van der Waals surface area (Å²) in [5.74, 6) is 0.457. The molecule has 2 aromatic carbocycles. The van der Waals surface area contributed by atoms with E-state index in [0.717, 1.165) is 46.2 Å². The Hall–Kier alpha value is -4.40. The molecule has 1 fully saturated rings. The lowest BCUT2D eigenvalue weighted by Gasteiger charge is -2.25. The number of hydrogen-bond donors (Lipinski definition) is 1. The summed E-state index contributed by atoms with van der Waals surface area (Å²) in [5, 5.41) is 14.5. The summed E-state index contributed by atoms with van der Waals surface area (Å²) in [6.07, 6.45) is 6.03. The Morgan fingerprint density at radius 2 is 1.84 bits per heavy atom. The minimum Gasteiger partial charge on any atom is -0.466 e. The fraction of sp³-hybridized carbons (Fsp3) is 0.286. The number of H-pyrrole nitrogens is 1. The van der Waals surface area contributed by atoms with E-state index >= 15 is 0 Å². The SMILES string of the molecule is CC(=O)OCCc1cncc(-c2ccc(-c3nn[nH]n3)cc2CN(Cc2ccccc2)C(=O)C2CC2)c1. The molecule has 1 aliphatic rings. The van der Waals surface area contributed by atoms with Gasteiger partial charge < -0.3 is 9.64 Å². The molecule has 9 nitrogen and oxygen atoms in total. The van der Waals surface area contributed by atoms with E-state index in [1.807, 2.05) is 65.7 Å². The third-order valence-corrected chi connectivity index (χ3v) is 6.33. The highest BCUT2D eigenvalue weighted by molar-refractivity contribution is 5.81. The summed E-state index contributed by atoms with van der Waals surface area (Å²) in [6.45, 7) is 2.66. The average Bonchev–Trinajstić information content (AvgIpc) is 3.62. The van der Waals surface area contributed by atoms with Crippen LogP contribution in [0.4, 0.5) is 0 Å². The molecule has 0 aliphatic heterocycles. The highest BCUT2D eigenvalue weighted by atomic mass is 16.5. The zero-order valence-corrected chi connectivity index (χ0v) is 20.6. The summed E-state index contributed by atoms with van der Waals surface area (Å²) in [5.41, 5.74) is 5.71. The van der Waals surface area contributed by atoms with Gasteiger partial charge in [-0.15, -0.1) is 10.2 Å². The predicted molar refractivity (Wildman–Crippen MR) is 137 cm³/mol. The van der Waals surface area contributed by atoms with Gasteiger partial charge in [-0.05, 0) is 52.4 Å². The molecule has 37 heavy (non-hydrogen) atoms. The van der Waals surface area contributed by atoms with Gasteiger partial charge >= 0.3 is 5.97 Å². The first-order valence-electron chi connectivity index (χ1n) is 12.3. The Labute approximate surface area is 214 Å². The molecule has 0 bridgehead atoms. The van der Waals surface area contributed by atoms with Crippen LogP contribution in [0.25, 0.3) is 22.5 Å². The maximum absolute atomic E-state index is 13.3. The van der Waals surface area contributed by atoms with Crippen LogP contribution in [0.15, 0.2) is 67.0 Å². The van der Waals surface area contributed by atoms with Crippen LogP contribution in [0.3, 0.4) is 0 Å². The van der Waals surface area contributed by atoms with E-state index in [0.29, 0.717) is 31.9 Å². The third-order valence-electron chi connectivity index (χ3n) is 6.33. The van der Waals surface area contributed by atoms with Crippen LogP contribution < -0.4 is 0 Å². The fourth-order valence-electron chi connectivity index (χ4n) is 4.32. The molecule has 0 atom stereocenters. The number of aromatic nitrogens is 5. The molecule has 1 saturated carbocycles. The molecule has 0 radical (unpaired) electrons. The van der Waals surface area contributed by atoms with E-state index in [1.165, 1.54) is 6.92 Å². The van der Waals surface area contributed by atoms with Crippen molar-refractivity contribution in [2.75, 3.05) is 6.61 Å². The zero-order valence-electron chi connectivity index (χ0n) is 20.6. The van der Waals surface area contributed by atoms with E-state index in [9.17, 15) is 9.59 Å². The first-order chi connectivity index (χ1) is 18.1.